The number of carbonyl (C=O) groups is 2. The van der Waals surface area contributed by atoms with Gasteiger partial charge in [-0.2, -0.15) is 0 Å². The number of rotatable bonds is 7. The van der Waals surface area contributed by atoms with Crippen LogP contribution in [0.5, 0.6) is 0 Å². The van der Waals surface area contributed by atoms with E-state index in [1.165, 1.54) is 6.08 Å². The number of ketones is 1. The van der Waals surface area contributed by atoms with Gasteiger partial charge in [-0.15, -0.1) is 0 Å². The normalized spacial score (nSPS) is 19.2. The predicted octanol–water partition coefficient (Wildman–Crippen LogP) is 3.86. The zero-order valence-corrected chi connectivity index (χ0v) is 15.3. The van der Waals surface area contributed by atoms with Crippen LogP contribution in [0, 0.1) is 0 Å². The van der Waals surface area contributed by atoms with Gasteiger partial charge in [-0.25, -0.2) is 0 Å². The van der Waals surface area contributed by atoms with Crippen molar-refractivity contribution < 1.29 is 14.7 Å². The van der Waals surface area contributed by atoms with Crippen LogP contribution in [0.15, 0.2) is 72.8 Å². The van der Waals surface area contributed by atoms with Crippen LogP contribution in [0.3, 0.4) is 0 Å². The summed E-state index contributed by atoms with van der Waals surface area (Å²) in [4.78, 5) is 26.8. The summed E-state index contributed by atoms with van der Waals surface area (Å²) >= 11 is 0. The first kappa shape index (κ1) is 18.8. The quantitative estimate of drug-likeness (QED) is 0.602. The Labute approximate surface area is 159 Å². The van der Waals surface area contributed by atoms with Gasteiger partial charge in [0.15, 0.2) is 11.4 Å². The van der Waals surface area contributed by atoms with Gasteiger partial charge >= 0.3 is 0 Å². The van der Waals surface area contributed by atoms with E-state index in [9.17, 15) is 14.7 Å². The van der Waals surface area contributed by atoms with Crippen molar-refractivity contribution in [2.24, 2.45) is 0 Å². The van der Waals surface area contributed by atoms with Gasteiger partial charge in [-0.3, -0.25) is 9.59 Å². The Bertz CT molecular complexity index is 886. The third-order valence-corrected chi connectivity index (χ3v) is 4.60. The lowest BCUT2D eigenvalue weighted by Crippen LogP contribution is -2.41. The SMILES string of the molecule is CCCN1C(=O)[C@@](O)(CC(=O)/C=C/C=C/c2ccccc2)c2ccccc21. The van der Waals surface area contributed by atoms with Crippen LogP contribution < -0.4 is 4.90 Å². The molecule has 0 saturated carbocycles. The maximum Gasteiger partial charge on any atom is 0.264 e. The Morgan fingerprint density at radius 3 is 2.52 bits per heavy atom. The van der Waals surface area contributed by atoms with Gasteiger partial charge < -0.3 is 10.0 Å². The highest BCUT2D eigenvalue weighted by molar-refractivity contribution is 6.09. The van der Waals surface area contributed by atoms with E-state index in [0.717, 1.165) is 12.0 Å². The van der Waals surface area contributed by atoms with Gasteiger partial charge in [0.1, 0.15) is 0 Å². The van der Waals surface area contributed by atoms with Gasteiger partial charge in [0.2, 0.25) is 0 Å². The second-order valence-electron chi connectivity index (χ2n) is 6.61. The zero-order chi connectivity index (χ0) is 19.3. The summed E-state index contributed by atoms with van der Waals surface area (Å²) in [5.41, 5.74) is 0.428. The second kappa shape index (κ2) is 8.14. The molecule has 0 spiro atoms. The number of para-hydroxylation sites is 1. The fourth-order valence-electron chi connectivity index (χ4n) is 3.33. The third kappa shape index (κ3) is 3.91. The maximum absolute atomic E-state index is 12.8. The molecular formula is C23H23NO3. The Kier molecular flexibility index (Phi) is 5.67. The molecule has 0 fully saturated rings. The molecule has 1 atom stereocenters. The van der Waals surface area contributed by atoms with E-state index in [4.69, 9.17) is 0 Å². The minimum atomic E-state index is -1.80. The number of fused-ring (bicyclic) bond motifs is 1. The summed E-state index contributed by atoms with van der Waals surface area (Å²) in [5, 5.41) is 11.1. The summed E-state index contributed by atoms with van der Waals surface area (Å²) < 4.78 is 0. The topological polar surface area (TPSA) is 57.6 Å². The van der Waals surface area contributed by atoms with Crippen molar-refractivity contribution in [2.75, 3.05) is 11.4 Å². The molecule has 0 unspecified atom stereocenters. The van der Waals surface area contributed by atoms with Crippen LogP contribution in [-0.4, -0.2) is 23.3 Å². The third-order valence-electron chi connectivity index (χ3n) is 4.60. The molecule has 1 heterocycles. The lowest BCUT2D eigenvalue weighted by molar-refractivity contribution is -0.140. The molecule has 1 aliphatic heterocycles. The largest absolute Gasteiger partial charge is 0.375 e. The Morgan fingerprint density at radius 1 is 1.07 bits per heavy atom. The first-order chi connectivity index (χ1) is 13.1. The van der Waals surface area contributed by atoms with Crippen LogP contribution in [0.2, 0.25) is 0 Å². The molecule has 3 rings (SSSR count). The molecule has 0 aromatic heterocycles. The lowest BCUT2D eigenvalue weighted by atomic mass is 9.90. The molecule has 1 N–H and O–H groups in total. The maximum atomic E-state index is 12.8. The van der Waals surface area contributed by atoms with E-state index < -0.39 is 11.5 Å². The minimum Gasteiger partial charge on any atom is -0.375 e. The molecule has 138 valence electrons. The number of hydrogen-bond acceptors (Lipinski definition) is 3. The monoisotopic (exact) mass is 361 g/mol. The summed E-state index contributed by atoms with van der Waals surface area (Å²) in [7, 11) is 0. The summed E-state index contributed by atoms with van der Waals surface area (Å²) in [5.74, 6) is -0.719. The van der Waals surface area contributed by atoms with Crippen LogP contribution in [0.1, 0.15) is 30.9 Å². The number of nitrogens with zero attached hydrogens (tertiary/aromatic N) is 1. The summed E-state index contributed by atoms with van der Waals surface area (Å²) in [6.45, 7) is 2.49. The first-order valence-corrected chi connectivity index (χ1v) is 9.12. The Balaban J connectivity index is 1.74. The lowest BCUT2D eigenvalue weighted by Gasteiger charge is -2.21. The van der Waals surface area contributed by atoms with Gasteiger partial charge in [-0.1, -0.05) is 73.7 Å². The molecule has 1 aliphatic rings. The van der Waals surface area contributed by atoms with Gasteiger partial charge in [-0.05, 0) is 24.1 Å². The van der Waals surface area contributed by atoms with E-state index >= 15 is 0 Å². The van der Waals surface area contributed by atoms with Gasteiger partial charge in [0.25, 0.3) is 5.91 Å². The highest BCUT2D eigenvalue weighted by Crippen LogP contribution is 2.42. The first-order valence-electron chi connectivity index (χ1n) is 9.12. The molecular weight excluding hydrogens is 338 g/mol. The van der Waals surface area contributed by atoms with E-state index in [2.05, 4.69) is 0 Å². The van der Waals surface area contributed by atoms with Crippen molar-refractivity contribution in [1.82, 2.24) is 0 Å². The van der Waals surface area contributed by atoms with Crippen LogP contribution in [-0.2, 0) is 15.2 Å². The van der Waals surface area contributed by atoms with Crippen LogP contribution >= 0.6 is 0 Å². The van der Waals surface area contributed by atoms with E-state index in [1.807, 2.05) is 55.5 Å². The summed E-state index contributed by atoms with van der Waals surface area (Å²) in [6.07, 6.45) is 7.19. The van der Waals surface area contributed by atoms with Gasteiger partial charge in [0.05, 0.1) is 12.1 Å². The van der Waals surface area contributed by atoms with Crippen molar-refractivity contribution in [3.05, 3.63) is 84.0 Å². The van der Waals surface area contributed by atoms with Crippen molar-refractivity contribution in [1.29, 1.82) is 0 Å². The number of hydrogen-bond donors (Lipinski definition) is 1. The van der Waals surface area contributed by atoms with Crippen molar-refractivity contribution in [3.63, 3.8) is 0 Å². The number of benzene rings is 2. The highest BCUT2D eigenvalue weighted by Gasteiger charge is 2.50. The highest BCUT2D eigenvalue weighted by atomic mass is 16.3. The van der Waals surface area contributed by atoms with E-state index in [-0.39, 0.29) is 12.2 Å². The smallest absolute Gasteiger partial charge is 0.264 e. The molecule has 4 heteroatoms. The molecule has 0 saturated heterocycles. The van der Waals surface area contributed by atoms with Crippen LogP contribution in [0.25, 0.3) is 6.08 Å². The van der Waals surface area contributed by atoms with E-state index in [0.29, 0.717) is 17.8 Å². The number of amides is 1. The number of anilines is 1. The Morgan fingerprint density at radius 2 is 1.78 bits per heavy atom. The molecule has 27 heavy (non-hydrogen) atoms. The predicted molar refractivity (Wildman–Crippen MR) is 107 cm³/mol. The molecule has 0 radical (unpaired) electrons. The van der Waals surface area contributed by atoms with E-state index in [1.54, 1.807) is 29.2 Å². The second-order valence-corrected chi connectivity index (χ2v) is 6.61. The molecule has 0 bridgehead atoms. The number of carbonyl (C=O) groups excluding carboxylic acids is 2. The Hall–Kier alpha value is -2.98. The standard InChI is InChI=1S/C23H23NO3/c1-2-16-24-21-15-9-8-14-20(21)23(27,22(24)26)17-19(25)13-7-6-12-18-10-4-3-5-11-18/h3-15,27H,2,16-17H2,1H3/b12-6+,13-7+/t23-/m1/s1. The fourth-order valence-corrected chi connectivity index (χ4v) is 3.33. The minimum absolute atomic E-state index is 0.265. The average molecular weight is 361 g/mol. The van der Waals surface area contributed by atoms with Crippen LogP contribution in [0.4, 0.5) is 5.69 Å². The van der Waals surface area contributed by atoms with Crippen molar-refractivity contribution >= 4 is 23.5 Å². The number of allylic oxidation sites excluding steroid dienone is 3. The average Bonchev–Trinajstić information content (AvgIpc) is 2.89. The number of aliphatic hydroxyl groups is 1. The van der Waals surface area contributed by atoms with Crippen molar-refractivity contribution in [2.45, 2.75) is 25.4 Å². The molecule has 2 aromatic rings. The fraction of sp³-hybridized carbons (Fsp3) is 0.217. The molecule has 1 amide bonds. The van der Waals surface area contributed by atoms with Crippen molar-refractivity contribution in [3.8, 4) is 0 Å². The molecule has 2 aromatic carbocycles. The zero-order valence-electron chi connectivity index (χ0n) is 15.3. The molecule has 4 nitrogen and oxygen atoms in total. The summed E-state index contributed by atoms with van der Waals surface area (Å²) in [6, 6.07) is 16.9. The molecule has 0 aliphatic carbocycles. The van der Waals surface area contributed by atoms with Gasteiger partial charge in [0, 0.05) is 12.1 Å².